The van der Waals surface area contributed by atoms with Crippen LogP contribution in [-0.2, 0) is 49.7 Å². The van der Waals surface area contributed by atoms with Gasteiger partial charge in [0.25, 0.3) is 5.56 Å². The van der Waals surface area contributed by atoms with E-state index in [1.165, 1.54) is 0 Å². The highest BCUT2D eigenvalue weighted by molar-refractivity contribution is 7.69. The van der Waals surface area contributed by atoms with Crippen molar-refractivity contribution in [3.8, 4) is 0 Å². The van der Waals surface area contributed by atoms with Crippen LogP contribution in [0, 0.1) is 0 Å². The van der Waals surface area contributed by atoms with Crippen molar-refractivity contribution in [3.05, 3.63) is 33.1 Å². The molecular weight excluding hydrogens is 672 g/mol. The molecule has 1 aromatic rings. The molecule has 28 heteroatoms. The van der Waals surface area contributed by atoms with Crippen molar-refractivity contribution in [2.24, 2.45) is 0 Å². The quantitative estimate of drug-likeness (QED) is 0.0933. The second-order valence-corrected chi connectivity index (χ2v) is 14.5. The van der Waals surface area contributed by atoms with Crippen molar-refractivity contribution in [1.82, 2.24) is 9.55 Å². The molecule has 2 fully saturated rings. The van der Waals surface area contributed by atoms with Gasteiger partial charge in [-0.3, -0.25) is 23.4 Å². The van der Waals surface area contributed by atoms with Gasteiger partial charge in [-0.1, -0.05) is 0 Å². The van der Waals surface area contributed by atoms with Crippen LogP contribution in [-0.4, -0.2) is 111 Å². The lowest BCUT2D eigenvalue weighted by molar-refractivity contribution is -0.245. The Hall–Kier alpha value is -1.04. The third-order valence-corrected chi connectivity index (χ3v) is 11.1. The number of aromatic amines is 1. The van der Waals surface area contributed by atoms with Crippen molar-refractivity contribution < 1.29 is 94.8 Å². The number of phosphoric acid groups is 4. The van der Waals surface area contributed by atoms with Gasteiger partial charge < -0.3 is 54.6 Å². The van der Waals surface area contributed by atoms with Gasteiger partial charge in [-0.2, -0.15) is 12.9 Å². The molecule has 1 aromatic heterocycles. The molecule has 0 spiro atoms. The third kappa shape index (κ3) is 9.24. The van der Waals surface area contributed by atoms with Gasteiger partial charge in [-0.15, -0.1) is 0 Å². The molecular formula is C14H24N2O22P4. The number of aliphatic hydroxyl groups is 5. The molecule has 3 rings (SSSR count). The van der Waals surface area contributed by atoms with Crippen LogP contribution in [0.4, 0.5) is 0 Å². The lowest BCUT2D eigenvalue weighted by atomic mass is 10.1. The number of nitrogens with zero attached hydrogens (tertiary/aromatic N) is 1. The molecule has 0 aliphatic carbocycles. The Kier molecular flexibility index (Phi) is 11.1. The second-order valence-electron chi connectivity index (χ2n) is 8.33. The zero-order valence-electron chi connectivity index (χ0n) is 20.3. The summed E-state index contributed by atoms with van der Waals surface area (Å²) in [6.07, 6.45) is -14.2. The largest absolute Gasteiger partial charge is 0.490 e. The van der Waals surface area contributed by atoms with E-state index in [0.29, 0.717) is 4.57 Å². The zero-order chi connectivity index (χ0) is 31.8. The molecule has 12 atom stereocenters. The van der Waals surface area contributed by atoms with Gasteiger partial charge in [-0.25, -0.2) is 23.1 Å². The van der Waals surface area contributed by atoms with E-state index >= 15 is 0 Å². The van der Waals surface area contributed by atoms with E-state index in [1.54, 1.807) is 0 Å². The Morgan fingerprint density at radius 3 is 2.00 bits per heavy atom. The number of H-pyrrole nitrogens is 1. The first-order valence-electron chi connectivity index (χ1n) is 10.9. The Bertz CT molecular complexity index is 1430. The summed E-state index contributed by atoms with van der Waals surface area (Å²) < 4.78 is 78.3. The maximum Gasteiger partial charge on any atom is 0.490 e. The van der Waals surface area contributed by atoms with Gasteiger partial charge in [0.1, 0.15) is 36.6 Å². The van der Waals surface area contributed by atoms with Crippen LogP contribution in [0.2, 0.25) is 0 Å². The highest BCUT2D eigenvalue weighted by Gasteiger charge is 2.50. The van der Waals surface area contributed by atoms with Crippen LogP contribution in [0.5, 0.6) is 0 Å². The van der Waals surface area contributed by atoms with Crippen LogP contribution >= 0.6 is 31.3 Å². The minimum atomic E-state index is -6.21. The minimum Gasteiger partial charge on any atom is -0.388 e. The van der Waals surface area contributed by atoms with Crippen molar-refractivity contribution >= 4 is 31.3 Å². The third-order valence-electron chi connectivity index (χ3n) is 5.17. The predicted molar refractivity (Wildman–Crippen MR) is 125 cm³/mol. The first-order valence-corrected chi connectivity index (χ1v) is 16.9. The molecule has 24 nitrogen and oxygen atoms in total. The fourth-order valence-corrected chi connectivity index (χ4v) is 8.39. The molecule has 2 aliphatic heterocycles. The van der Waals surface area contributed by atoms with Gasteiger partial charge in [0.2, 0.25) is 0 Å². The van der Waals surface area contributed by atoms with E-state index in [0.717, 1.165) is 12.3 Å². The first kappa shape index (κ1) is 35.4. The van der Waals surface area contributed by atoms with E-state index < -0.39 is 105 Å². The Morgan fingerprint density at radius 1 is 0.833 bits per heavy atom. The Balaban J connectivity index is 1.58. The molecule has 2 aliphatic rings. The summed E-state index contributed by atoms with van der Waals surface area (Å²) in [5.41, 5.74) is -1.87. The average molecular weight is 696 g/mol. The normalized spacial score (nSPS) is 35.9. The highest BCUT2D eigenvalue weighted by atomic mass is 31.3. The molecule has 2 saturated heterocycles. The lowest BCUT2D eigenvalue weighted by Gasteiger charge is -2.35. The molecule has 0 saturated carbocycles. The molecule has 42 heavy (non-hydrogen) atoms. The monoisotopic (exact) mass is 696 g/mol. The van der Waals surface area contributed by atoms with Crippen LogP contribution in [0.1, 0.15) is 6.23 Å². The summed E-state index contributed by atoms with van der Waals surface area (Å²) in [7, 11) is -24.1. The number of ether oxygens (including phenoxy) is 2. The van der Waals surface area contributed by atoms with Crippen molar-refractivity contribution in [3.63, 3.8) is 0 Å². The molecule has 0 bridgehead atoms. The average Bonchev–Trinajstić information content (AvgIpc) is 3.09. The van der Waals surface area contributed by atoms with Gasteiger partial charge in [-0.05, 0) is 0 Å². The van der Waals surface area contributed by atoms with E-state index in [2.05, 4.69) is 26.7 Å². The molecule has 0 radical (unpaired) electrons. The molecule has 0 amide bonds. The second kappa shape index (κ2) is 13.1. The van der Waals surface area contributed by atoms with Crippen molar-refractivity contribution in [2.75, 3.05) is 13.2 Å². The summed E-state index contributed by atoms with van der Waals surface area (Å²) in [6, 6.07) is 0.871. The van der Waals surface area contributed by atoms with Crippen LogP contribution in [0.3, 0.4) is 0 Å². The van der Waals surface area contributed by atoms with Crippen molar-refractivity contribution in [2.45, 2.75) is 49.1 Å². The lowest BCUT2D eigenvalue weighted by Crippen LogP contribution is -2.53. The Morgan fingerprint density at radius 2 is 1.40 bits per heavy atom. The topological polar surface area (TPSA) is 370 Å². The van der Waals surface area contributed by atoms with Gasteiger partial charge in [0.05, 0.1) is 13.2 Å². The first-order chi connectivity index (χ1) is 19.1. The molecule has 4 unspecified atom stereocenters. The number of hydrogen-bond acceptors (Lipinski definition) is 18. The maximum atomic E-state index is 12.1. The maximum absolute atomic E-state index is 12.1. The van der Waals surface area contributed by atoms with Crippen LogP contribution in [0.15, 0.2) is 21.9 Å². The number of aliphatic hydroxyl groups excluding tert-OH is 5. The summed E-state index contributed by atoms with van der Waals surface area (Å²) in [6.45, 7) is -1.94. The molecule has 10 N–H and O–H groups in total. The summed E-state index contributed by atoms with van der Waals surface area (Å²) in [5, 5.41) is 48.8. The number of rotatable bonds is 12. The Labute approximate surface area is 231 Å². The van der Waals surface area contributed by atoms with Gasteiger partial charge in [0.15, 0.2) is 12.5 Å². The van der Waals surface area contributed by atoms with Crippen LogP contribution in [0.25, 0.3) is 0 Å². The standard InChI is InChI=1S/C14H24N2O22P4/c17-5-3-32-13(11(22)8(5)19)35-40(26,27)37-42(30,31)38-41(28,29)36-39(24,25)33-4-6-9(20)10(21)12(34-6)16-2-1-7(18)15-14(16)23/h1-2,5-6,8-13,17,19-22H,3-4H2,(H,24,25)(H,26,27)(H,28,29)(H,30,31)(H,15,18,23)/t5-,6-,8+,9-,10-,11-,12-,13-/m1/s1. The number of nitrogens with one attached hydrogen (secondary N) is 1. The fraction of sp³-hybridized carbons (Fsp3) is 0.714. The minimum absolute atomic E-state index is 0.648. The smallest absolute Gasteiger partial charge is 0.388 e. The molecule has 3 heterocycles. The van der Waals surface area contributed by atoms with Gasteiger partial charge >= 0.3 is 37.0 Å². The summed E-state index contributed by atoms with van der Waals surface area (Å²) in [4.78, 5) is 63.4. The number of phosphoric ester groups is 2. The number of hydrogen-bond donors (Lipinski definition) is 10. The van der Waals surface area contributed by atoms with E-state index in [-0.39, 0.29) is 0 Å². The summed E-state index contributed by atoms with van der Waals surface area (Å²) in [5.74, 6) is 0. The summed E-state index contributed by atoms with van der Waals surface area (Å²) >= 11 is 0. The fourth-order valence-electron chi connectivity index (χ4n) is 3.36. The van der Waals surface area contributed by atoms with Crippen LogP contribution < -0.4 is 11.2 Å². The van der Waals surface area contributed by atoms with E-state index in [9.17, 15) is 73.0 Å². The SMILES string of the molecule is O=c1ccn([C@@H]2O[C@H](COP(=O)(O)OP(=O)(O)OP(=O)(O)OP(=O)(O)O[C@H]3OC[C@@H](O)[C@H](O)[C@H]3O)[C@@H](O)[C@H]2O)c(=O)[nH]1. The predicted octanol–water partition coefficient (Wildman–Crippen LogP) is -3.92. The van der Waals surface area contributed by atoms with E-state index in [1.807, 2.05) is 4.98 Å². The van der Waals surface area contributed by atoms with E-state index in [4.69, 9.17) is 4.74 Å². The van der Waals surface area contributed by atoms with Gasteiger partial charge in [0, 0.05) is 12.3 Å². The zero-order valence-corrected chi connectivity index (χ0v) is 23.8. The molecule has 0 aromatic carbocycles. The van der Waals surface area contributed by atoms with Crippen molar-refractivity contribution in [1.29, 1.82) is 0 Å². The number of aromatic nitrogens is 2. The molecule has 242 valence electrons. The highest BCUT2D eigenvalue weighted by Crippen LogP contribution is 2.71.